The van der Waals surface area contributed by atoms with Crippen LogP contribution in [0.3, 0.4) is 0 Å². The third kappa shape index (κ3) is 3.84. The zero-order chi connectivity index (χ0) is 18.1. The molecule has 7 heteroatoms. The van der Waals surface area contributed by atoms with Gasteiger partial charge in [-0.2, -0.15) is 0 Å². The van der Waals surface area contributed by atoms with Gasteiger partial charge in [0.15, 0.2) is 0 Å². The molecule has 1 aromatic rings. The van der Waals surface area contributed by atoms with Gasteiger partial charge >= 0.3 is 13.2 Å². The molecule has 132 valence electrons. The predicted octanol–water partition coefficient (Wildman–Crippen LogP) is 2.36. The van der Waals surface area contributed by atoms with Crippen LogP contribution < -0.4 is 10.2 Å². The second-order valence-electron chi connectivity index (χ2n) is 7.21. The number of carbonyl (C=O) groups is 1. The summed E-state index contributed by atoms with van der Waals surface area (Å²) in [6, 6.07) is 7.26. The van der Waals surface area contributed by atoms with Crippen molar-refractivity contribution in [2.24, 2.45) is 0 Å². The van der Waals surface area contributed by atoms with Crippen LogP contribution in [0, 0.1) is 0 Å². The van der Waals surface area contributed by atoms with Crippen molar-refractivity contribution in [3.8, 4) is 5.75 Å². The maximum atomic E-state index is 10.9. The highest BCUT2D eigenvalue weighted by Gasteiger charge is 2.51. The number of ether oxygens (including phenoxy) is 1. The van der Waals surface area contributed by atoms with Crippen LogP contribution in [-0.2, 0) is 9.31 Å². The number of carboxylic acid groups (broad SMARTS) is 1. The van der Waals surface area contributed by atoms with E-state index in [2.05, 4.69) is 0 Å². The molecule has 1 heterocycles. The lowest BCUT2D eigenvalue weighted by Gasteiger charge is -2.32. The molecule has 1 fully saturated rings. The summed E-state index contributed by atoms with van der Waals surface area (Å²) in [4.78, 5) is 12.1. The molecule has 24 heavy (non-hydrogen) atoms. The SMILES string of the molecule is CC(COc1ccc(B2OC(C)(C)C(C)(C)O2)cc1)N(C)C(=O)O. The number of hydrogen-bond acceptors (Lipinski definition) is 4. The van der Waals surface area contributed by atoms with Crippen molar-refractivity contribution in [2.75, 3.05) is 13.7 Å². The van der Waals surface area contributed by atoms with E-state index in [1.165, 1.54) is 11.9 Å². The Bertz CT molecular complexity index is 571. The minimum absolute atomic E-state index is 0.231. The van der Waals surface area contributed by atoms with Gasteiger partial charge in [0.25, 0.3) is 0 Å². The molecule has 0 aliphatic carbocycles. The molecular weight excluding hydrogens is 309 g/mol. The summed E-state index contributed by atoms with van der Waals surface area (Å²) < 4.78 is 17.7. The van der Waals surface area contributed by atoms with Crippen LogP contribution >= 0.6 is 0 Å². The fourth-order valence-electron chi connectivity index (χ4n) is 2.22. The Morgan fingerprint density at radius 3 is 2.17 bits per heavy atom. The van der Waals surface area contributed by atoms with Crippen molar-refractivity contribution in [3.05, 3.63) is 24.3 Å². The summed E-state index contributed by atoms with van der Waals surface area (Å²) in [5.74, 6) is 0.681. The van der Waals surface area contributed by atoms with Crippen LogP contribution in [-0.4, -0.2) is 54.1 Å². The number of nitrogens with zero attached hydrogens (tertiary/aromatic N) is 1. The molecule has 0 spiro atoms. The first-order chi connectivity index (χ1) is 11.0. The molecule has 1 aliphatic heterocycles. The van der Waals surface area contributed by atoms with Gasteiger partial charge in [0, 0.05) is 7.05 Å². The minimum Gasteiger partial charge on any atom is -0.491 e. The zero-order valence-electron chi connectivity index (χ0n) is 15.2. The molecule has 1 N–H and O–H groups in total. The molecule has 0 aromatic heterocycles. The van der Waals surface area contributed by atoms with Crippen LogP contribution in [0.15, 0.2) is 24.3 Å². The Labute approximate surface area is 143 Å². The minimum atomic E-state index is -0.970. The molecule has 0 bridgehead atoms. The lowest BCUT2D eigenvalue weighted by atomic mass is 9.79. The van der Waals surface area contributed by atoms with Crippen molar-refractivity contribution < 1.29 is 23.9 Å². The molecule has 1 unspecified atom stereocenters. The third-order valence-electron chi connectivity index (χ3n) is 4.86. The summed E-state index contributed by atoms with van der Waals surface area (Å²) in [6.07, 6.45) is -0.970. The van der Waals surface area contributed by atoms with Gasteiger partial charge in [-0.05, 0) is 52.2 Å². The highest BCUT2D eigenvalue weighted by Crippen LogP contribution is 2.36. The van der Waals surface area contributed by atoms with E-state index in [1.54, 1.807) is 6.92 Å². The zero-order valence-corrected chi connectivity index (χ0v) is 15.2. The van der Waals surface area contributed by atoms with E-state index in [0.717, 1.165) is 5.46 Å². The summed E-state index contributed by atoms with van der Waals surface area (Å²) >= 11 is 0. The molecule has 1 saturated heterocycles. The first kappa shape index (κ1) is 18.6. The molecule has 1 aromatic carbocycles. The summed E-state index contributed by atoms with van der Waals surface area (Å²) in [7, 11) is 1.12. The average molecular weight is 335 g/mol. The number of rotatable bonds is 5. The standard InChI is InChI=1S/C17H26BNO5/c1-12(19(6)15(20)21)11-22-14-9-7-13(8-10-14)18-23-16(2,3)17(4,5)24-18/h7-10,12H,11H2,1-6H3,(H,20,21). The van der Waals surface area contributed by atoms with E-state index < -0.39 is 13.2 Å². The van der Waals surface area contributed by atoms with Crippen LogP contribution in [0.1, 0.15) is 34.6 Å². The molecule has 1 atom stereocenters. The highest BCUT2D eigenvalue weighted by molar-refractivity contribution is 6.62. The Hall–Kier alpha value is -1.73. The van der Waals surface area contributed by atoms with Gasteiger partial charge in [-0.1, -0.05) is 12.1 Å². The van der Waals surface area contributed by atoms with Gasteiger partial charge in [0.05, 0.1) is 17.2 Å². The first-order valence-corrected chi connectivity index (χ1v) is 8.07. The maximum Gasteiger partial charge on any atom is 0.494 e. The predicted molar refractivity (Wildman–Crippen MR) is 92.9 cm³/mol. The van der Waals surface area contributed by atoms with E-state index in [0.29, 0.717) is 12.4 Å². The number of benzene rings is 1. The summed E-state index contributed by atoms with van der Waals surface area (Å²) in [5, 5.41) is 8.93. The van der Waals surface area contributed by atoms with E-state index in [1.807, 2.05) is 52.0 Å². The lowest BCUT2D eigenvalue weighted by molar-refractivity contribution is 0.00578. The second kappa shape index (κ2) is 6.65. The van der Waals surface area contributed by atoms with Gasteiger partial charge in [-0.3, -0.25) is 0 Å². The number of amides is 1. The van der Waals surface area contributed by atoms with Crippen molar-refractivity contribution >= 4 is 18.7 Å². The van der Waals surface area contributed by atoms with Gasteiger partial charge in [-0.15, -0.1) is 0 Å². The summed E-state index contributed by atoms with van der Waals surface area (Å²) in [6.45, 7) is 10.2. The van der Waals surface area contributed by atoms with Gasteiger partial charge in [-0.25, -0.2) is 4.79 Å². The van der Waals surface area contributed by atoms with Crippen LogP contribution in [0.2, 0.25) is 0 Å². The molecule has 1 amide bonds. The van der Waals surface area contributed by atoms with Gasteiger partial charge in [0.2, 0.25) is 0 Å². The lowest BCUT2D eigenvalue weighted by Crippen LogP contribution is -2.41. The Balaban J connectivity index is 1.96. The third-order valence-corrected chi connectivity index (χ3v) is 4.86. The van der Waals surface area contributed by atoms with Gasteiger partial charge in [0.1, 0.15) is 12.4 Å². The molecule has 2 rings (SSSR count). The molecule has 6 nitrogen and oxygen atoms in total. The highest BCUT2D eigenvalue weighted by atomic mass is 16.7. The average Bonchev–Trinajstić information content (AvgIpc) is 2.72. The monoisotopic (exact) mass is 335 g/mol. The number of hydrogen-bond donors (Lipinski definition) is 1. The summed E-state index contributed by atoms with van der Waals surface area (Å²) in [5.41, 5.74) is 0.185. The normalized spacial score (nSPS) is 19.8. The van der Waals surface area contributed by atoms with Crippen molar-refractivity contribution in [1.29, 1.82) is 0 Å². The van der Waals surface area contributed by atoms with Crippen molar-refractivity contribution in [1.82, 2.24) is 4.90 Å². The van der Waals surface area contributed by atoms with Crippen LogP contribution in [0.25, 0.3) is 0 Å². The van der Waals surface area contributed by atoms with Crippen LogP contribution in [0.4, 0.5) is 4.79 Å². The second-order valence-corrected chi connectivity index (χ2v) is 7.21. The Morgan fingerprint density at radius 2 is 1.71 bits per heavy atom. The van der Waals surface area contributed by atoms with Gasteiger partial charge < -0.3 is 24.1 Å². The molecule has 0 radical (unpaired) electrons. The number of likely N-dealkylation sites (N-methyl/N-ethyl adjacent to an activating group) is 1. The fraction of sp³-hybridized carbons (Fsp3) is 0.588. The molecular formula is C17H26BNO5. The van der Waals surface area contributed by atoms with Crippen molar-refractivity contribution in [3.63, 3.8) is 0 Å². The fourth-order valence-corrected chi connectivity index (χ4v) is 2.22. The smallest absolute Gasteiger partial charge is 0.491 e. The molecule has 0 saturated carbocycles. The topological polar surface area (TPSA) is 68.2 Å². The van der Waals surface area contributed by atoms with E-state index in [4.69, 9.17) is 19.2 Å². The van der Waals surface area contributed by atoms with Crippen molar-refractivity contribution in [2.45, 2.75) is 51.9 Å². The van der Waals surface area contributed by atoms with Crippen LogP contribution in [0.5, 0.6) is 5.75 Å². The first-order valence-electron chi connectivity index (χ1n) is 8.07. The Morgan fingerprint density at radius 1 is 1.21 bits per heavy atom. The Kier molecular flexibility index (Phi) is 5.15. The van der Waals surface area contributed by atoms with E-state index >= 15 is 0 Å². The van der Waals surface area contributed by atoms with E-state index in [-0.39, 0.29) is 17.2 Å². The quantitative estimate of drug-likeness (QED) is 0.837. The van der Waals surface area contributed by atoms with E-state index in [9.17, 15) is 4.79 Å². The molecule has 1 aliphatic rings. The maximum absolute atomic E-state index is 10.9. The largest absolute Gasteiger partial charge is 0.494 e.